The third-order valence-electron chi connectivity index (χ3n) is 2.79. The van der Waals surface area contributed by atoms with Crippen LogP contribution >= 0.6 is 27.3 Å². The molecule has 2 N–H and O–H groups in total. The van der Waals surface area contributed by atoms with Crippen LogP contribution in [0.4, 0.5) is 5.69 Å². The van der Waals surface area contributed by atoms with E-state index in [2.05, 4.69) is 21.2 Å². The van der Waals surface area contributed by atoms with Crippen molar-refractivity contribution in [3.05, 3.63) is 50.1 Å². The lowest BCUT2D eigenvalue weighted by molar-refractivity contribution is 0.0695. The third-order valence-corrected chi connectivity index (χ3v) is 4.44. The van der Waals surface area contributed by atoms with Crippen LogP contribution in [-0.4, -0.2) is 17.0 Å². The van der Waals surface area contributed by atoms with Crippen LogP contribution in [-0.2, 0) is 6.42 Å². The standard InChI is InChI=1S/C14H12BrNO3S/c1-2-8-5-6-20-12(8)13(17)16-9-3-4-11(15)10(7-9)14(18)19/h3-7H,2H2,1H3,(H,16,17)(H,18,19). The molecule has 0 bridgehead atoms. The van der Waals surface area contributed by atoms with E-state index in [1.807, 2.05) is 18.4 Å². The Balaban J connectivity index is 2.24. The maximum absolute atomic E-state index is 12.2. The molecule has 0 spiro atoms. The summed E-state index contributed by atoms with van der Waals surface area (Å²) in [6, 6.07) is 6.62. The quantitative estimate of drug-likeness (QED) is 0.871. The molecule has 0 fully saturated rings. The van der Waals surface area contributed by atoms with E-state index in [0.717, 1.165) is 12.0 Å². The zero-order chi connectivity index (χ0) is 14.7. The number of halogens is 1. The molecule has 6 heteroatoms. The highest BCUT2D eigenvalue weighted by Crippen LogP contribution is 2.23. The predicted octanol–water partition coefficient (Wildman–Crippen LogP) is 4.02. The maximum Gasteiger partial charge on any atom is 0.336 e. The van der Waals surface area contributed by atoms with Gasteiger partial charge in [0.25, 0.3) is 5.91 Å². The summed E-state index contributed by atoms with van der Waals surface area (Å²) in [6.07, 6.45) is 0.785. The highest BCUT2D eigenvalue weighted by atomic mass is 79.9. The van der Waals surface area contributed by atoms with E-state index in [1.165, 1.54) is 17.4 Å². The predicted molar refractivity (Wildman–Crippen MR) is 82.8 cm³/mol. The van der Waals surface area contributed by atoms with E-state index in [1.54, 1.807) is 12.1 Å². The molecule has 2 rings (SSSR count). The van der Waals surface area contributed by atoms with Crippen LogP contribution in [0.5, 0.6) is 0 Å². The number of nitrogens with one attached hydrogen (secondary N) is 1. The van der Waals surface area contributed by atoms with Gasteiger partial charge in [0.05, 0.1) is 10.4 Å². The zero-order valence-electron chi connectivity index (χ0n) is 10.6. The van der Waals surface area contributed by atoms with Gasteiger partial charge in [-0.1, -0.05) is 6.92 Å². The number of hydrogen-bond donors (Lipinski definition) is 2. The monoisotopic (exact) mass is 353 g/mol. The van der Waals surface area contributed by atoms with Gasteiger partial charge in [0, 0.05) is 10.2 Å². The fraction of sp³-hybridized carbons (Fsp3) is 0.143. The highest BCUT2D eigenvalue weighted by molar-refractivity contribution is 9.10. The Morgan fingerprint density at radius 2 is 2.10 bits per heavy atom. The lowest BCUT2D eigenvalue weighted by Crippen LogP contribution is -2.12. The average molecular weight is 354 g/mol. The van der Waals surface area contributed by atoms with Gasteiger partial charge in [0.15, 0.2) is 0 Å². The number of hydrogen-bond acceptors (Lipinski definition) is 3. The number of benzene rings is 1. The SMILES string of the molecule is CCc1ccsc1C(=O)Nc1ccc(Br)c(C(=O)O)c1. The molecule has 1 heterocycles. The first-order chi connectivity index (χ1) is 9.52. The molecule has 1 aromatic carbocycles. The Morgan fingerprint density at radius 1 is 1.35 bits per heavy atom. The number of carbonyl (C=O) groups excluding carboxylic acids is 1. The normalized spacial score (nSPS) is 10.3. The van der Waals surface area contributed by atoms with Crippen LogP contribution in [0.1, 0.15) is 32.5 Å². The molecule has 2 aromatic rings. The second-order valence-electron chi connectivity index (χ2n) is 4.08. The van der Waals surface area contributed by atoms with Gasteiger partial charge < -0.3 is 10.4 Å². The summed E-state index contributed by atoms with van der Waals surface area (Å²) in [6.45, 7) is 1.99. The number of carboxylic acids is 1. The van der Waals surface area contributed by atoms with E-state index in [-0.39, 0.29) is 11.5 Å². The molecule has 0 saturated carbocycles. The number of aromatic carboxylic acids is 1. The largest absolute Gasteiger partial charge is 0.478 e. The number of rotatable bonds is 4. The number of carboxylic acid groups (broad SMARTS) is 1. The molecular weight excluding hydrogens is 342 g/mol. The van der Waals surface area contributed by atoms with Gasteiger partial charge >= 0.3 is 5.97 Å². The molecule has 0 aliphatic rings. The van der Waals surface area contributed by atoms with Crippen molar-refractivity contribution in [3.8, 4) is 0 Å². The molecule has 0 aliphatic carbocycles. The molecule has 104 valence electrons. The fourth-order valence-corrected chi connectivity index (χ4v) is 3.07. The molecule has 0 saturated heterocycles. The van der Waals surface area contributed by atoms with E-state index in [9.17, 15) is 9.59 Å². The van der Waals surface area contributed by atoms with E-state index in [4.69, 9.17) is 5.11 Å². The Kier molecular flexibility index (Phi) is 4.57. The molecule has 0 unspecified atom stereocenters. The molecular formula is C14H12BrNO3S. The van der Waals surface area contributed by atoms with E-state index < -0.39 is 5.97 Å². The number of thiophene rings is 1. The number of carbonyl (C=O) groups is 2. The summed E-state index contributed by atoms with van der Waals surface area (Å²) in [7, 11) is 0. The molecule has 0 atom stereocenters. The van der Waals surface area contributed by atoms with Crippen molar-refractivity contribution >= 4 is 44.8 Å². The van der Waals surface area contributed by atoms with Crippen molar-refractivity contribution in [1.29, 1.82) is 0 Å². The molecule has 0 radical (unpaired) electrons. The van der Waals surface area contributed by atoms with E-state index >= 15 is 0 Å². The van der Waals surface area contributed by atoms with Crippen LogP contribution in [0, 0.1) is 0 Å². The Labute approximate surface area is 128 Å². The lowest BCUT2D eigenvalue weighted by atomic mass is 10.2. The second kappa shape index (κ2) is 6.19. The van der Waals surface area contributed by atoms with Crippen LogP contribution in [0.25, 0.3) is 0 Å². The van der Waals surface area contributed by atoms with Crippen molar-refractivity contribution in [3.63, 3.8) is 0 Å². The lowest BCUT2D eigenvalue weighted by Gasteiger charge is -2.07. The van der Waals surface area contributed by atoms with Crippen molar-refractivity contribution < 1.29 is 14.7 Å². The first-order valence-electron chi connectivity index (χ1n) is 5.93. The van der Waals surface area contributed by atoms with Gasteiger partial charge in [-0.3, -0.25) is 4.79 Å². The molecule has 0 aliphatic heterocycles. The smallest absolute Gasteiger partial charge is 0.336 e. The van der Waals surface area contributed by atoms with Gasteiger partial charge in [0.1, 0.15) is 0 Å². The molecule has 20 heavy (non-hydrogen) atoms. The van der Waals surface area contributed by atoms with Gasteiger partial charge in [0.2, 0.25) is 0 Å². The van der Waals surface area contributed by atoms with Crippen LogP contribution in [0.2, 0.25) is 0 Å². The summed E-state index contributed by atoms with van der Waals surface area (Å²) in [5.74, 6) is -1.26. The van der Waals surface area contributed by atoms with Crippen molar-refractivity contribution in [2.75, 3.05) is 5.32 Å². The third kappa shape index (κ3) is 3.08. The van der Waals surface area contributed by atoms with Crippen molar-refractivity contribution in [1.82, 2.24) is 0 Å². The summed E-state index contributed by atoms with van der Waals surface area (Å²) < 4.78 is 0.480. The molecule has 1 amide bonds. The van der Waals surface area contributed by atoms with Crippen molar-refractivity contribution in [2.24, 2.45) is 0 Å². The number of amides is 1. The van der Waals surface area contributed by atoms with Gasteiger partial charge in [-0.05, 0) is 57.6 Å². The number of aryl methyl sites for hydroxylation is 1. The molecule has 4 nitrogen and oxygen atoms in total. The summed E-state index contributed by atoms with van der Waals surface area (Å²) in [4.78, 5) is 23.9. The fourth-order valence-electron chi connectivity index (χ4n) is 1.77. The van der Waals surface area contributed by atoms with Crippen LogP contribution in [0.3, 0.4) is 0 Å². The Hall–Kier alpha value is -1.66. The minimum atomic E-state index is -1.04. The topological polar surface area (TPSA) is 66.4 Å². The first-order valence-corrected chi connectivity index (χ1v) is 7.60. The van der Waals surface area contributed by atoms with Gasteiger partial charge in [-0.2, -0.15) is 0 Å². The van der Waals surface area contributed by atoms with Crippen molar-refractivity contribution in [2.45, 2.75) is 13.3 Å². The zero-order valence-corrected chi connectivity index (χ0v) is 13.0. The van der Waals surface area contributed by atoms with E-state index in [0.29, 0.717) is 15.0 Å². The Morgan fingerprint density at radius 3 is 2.75 bits per heavy atom. The summed E-state index contributed by atoms with van der Waals surface area (Å²) in [5, 5.41) is 13.7. The second-order valence-corrected chi connectivity index (χ2v) is 5.85. The summed E-state index contributed by atoms with van der Waals surface area (Å²) in [5.41, 5.74) is 1.57. The minimum Gasteiger partial charge on any atom is -0.478 e. The highest BCUT2D eigenvalue weighted by Gasteiger charge is 2.14. The summed E-state index contributed by atoms with van der Waals surface area (Å²) >= 11 is 4.54. The average Bonchev–Trinajstić information content (AvgIpc) is 2.89. The van der Waals surface area contributed by atoms with Gasteiger partial charge in [-0.25, -0.2) is 4.79 Å². The van der Waals surface area contributed by atoms with Crippen LogP contribution < -0.4 is 5.32 Å². The first kappa shape index (κ1) is 14.7. The minimum absolute atomic E-state index is 0.115. The Bertz CT molecular complexity index is 666. The van der Waals surface area contributed by atoms with Gasteiger partial charge in [-0.15, -0.1) is 11.3 Å². The van der Waals surface area contributed by atoms with Crippen LogP contribution in [0.15, 0.2) is 34.1 Å². The maximum atomic E-state index is 12.2. The number of anilines is 1. The molecule has 1 aromatic heterocycles.